The molecule has 2 rings (SSSR count). The summed E-state index contributed by atoms with van der Waals surface area (Å²) in [5.74, 6) is -2.90. The summed E-state index contributed by atoms with van der Waals surface area (Å²) < 4.78 is 25.8. The lowest BCUT2D eigenvalue weighted by Gasteiger charge is -2.04. The molecule has 3 nitrogen and oxygen atoms in total. The summed E-state index contributed by atoms with van der Waals surface area (Å²) in [4.78, 5) is 4.02. The number of pyridine rings is 1. The van der Waals surface area contributed by atoms with Crippen LogP contribution in [0.5, 0.6) is 0 Å². The van der Waals surface area contributed by atoms with Gasteiger partial charge in [-0.1, -0.05) is 6.07 Å². The molecule has 2 aromatic heterocycles. The zero-order valence-corrected chi connectivity index (χ0v) is 8.04. The minimum absolute atomic E-state index is 0.205. The van der Waals surface area contributed by atoms with Gasteiger partial charge in [-0.05, 0) is 18.2 Å². The van der Waals surface area contributed by atoms with E-state index in [2.05, 4.69) is 15.2 Å². The maximum absolute atomic E-state index is 12.9. The molecule has 0 aliphatic rings. The Balaban J connectivity index is 2.37. The highest BCUT2D eigenvalue weighted by atomic mass is 19.3. The number of hydrogen-bond acceptors (Lipinski definition) is 2. The van der Waals surface area contributed by atoms with Gasteiger partial charge in [0.1, 0.15) is 11.4 Å². The lowest BCUT2D eigenvalue weighted by molar-refractivity contribution is 0.0127. The molecule has 0 saturated heterocycles. The van der Waals surface area contributed by atoms with Gasteiger partial charge in [0, 0.05) is 13.1 Å². The van der Waals surface area contributed by atoms with Gasteiger partial charge in [0.15, 0.2) is 0 Å². The normalized spacial score (nSPS) is 11.7. The van der Waals surface area contributed by atoms with E-state index >= 15 is 0 Å². The summed E-state index contributed by atoms with van der Waals surface area (Å²) in [6.45, 7) is 0.822. The van der Waals surface area contributed by atoms with Crippen molar-refractivity contribution < 1.29 is 8.78 Å². The molecular formula is C10H9F2N3. The number of aromatic nitrogens is 3. The number of hydrogen-bond donors (Lipinski definition) is 1. The summed E-state index contributed by atoms with van der Waals surface area (Å²) in [6, 6.07) is 6.56. The SMILES string of the molecule is CC(F)(F)c1cc(-c2ccccn2)n[nH]1. The van der Waals surface area contributed by atoms with Gasteiger partial charge >= 0.3 is 0 Å². The Morgan fingerprint density at radius 3 is 2.60 bits per heavy atom. The molecule has 0 amide bonds. The molecule has 0 bridgehead atoms. The van der Waals surface area contributed by atoms with E-state index in [0.29, 0.717) is 11.4 Å². The van der Waals surface area contributed by atoms with Crippen LogP contribution in [-0.4, -0.2) is 15.2 Å². The van der Waals surface area contributed by atoms with Crippen molar-refractivity contribution in [2.24, 2.45) is 0 Å². The minimum Gasteiger partial charge on any atom is -0.276 e. The fraction of sp³-hybridized carbons (Fsp3) is 0.200. The summed E-state index contributed by atoms with van der Waals surface area (Å²) >= 11 is 0. The van der Waals surface area contributed by atoms with Crippen molar-refractivity contribution in [1.82, 2.24) is 15.2 Å². The number of halogens is 2. The van der Waals surface area contributed by atoms with Crippen molar-refractivity contribution in [2.45, 2.75) is 12.8 Å². The highest BCUT2D eigenvalue weighted by Crippen LogP contribution is 2.27. The van der Waals surface area contributed by atoms with Crippen molar-refractivity contribution >= 4 is 0 Å². The molecule has 0 unspecified atom stereocenters. The number of H-pyrrole nitrogens is 1. The maximum Gasteiger partial charge on any atom is 0.286 e. The lowest BCUT2D eigenvalue weighted by atomic mass is 10.2. The summed E-state index contributed by atoms with van der Waals surface area (Å²) in [5, 5.41) is 6.09. The van der Waals surface area contributed by atoms with E-state index < -0.39 is 5.92 Å². The molecule has 0 radical (unpaired) electrons. The summed E-state index contributed by atoms with van der Waals surface area (Å²) in [5.41, 5.74) is 0.791. The fourth-order valence-electron chi connectivity index (χ4n) is 1.19. The topological polar surface area (TPSA) is 41.6 Å². The molecule has 2 heterocycles. The van der Waals surface area contributed by atoms with E-state index in [1.807, 2.05) is 0 Å². The number of rotatable bonds is 2. The second kappa shape index (κ2) is 3.42. The molecule has 0 atom stereocenters. The largest absolute Gasteiger partial charge is 0.286 e. The highest BCUT2D eigenvalue weighted by Gasteiger charge is 2.27. The van der Waals surface area contributed by atoms with Crippen LogP contribution in [0.25, 0.3) is 11.4 Å². The molecule has 0 fully saturated rings. The van der Waals surface area contributed by atoms with Crippen molar-refractivity contribution in [3.8, 4) is 11.4 Å². The molecule has 5 heteroatoms. The van der Waals surface area contributed by atoms with Crippen LogP contribution in [0, 0.1) is 0 Å². The lowest BCUT2D eigenvalue weighted by Crippen LogP contribution is -2.06. The summed E-state index contributed by atoms with van der Waals surface area (Å²) in [6.07, 6.45) is 1.59. The molecule has 78 valence electrons. The molecule has 0 spiro atoms. The van der Waals surface area contributed by atoms with Crippen molar-refractivity contribution in [1.29, 1.82) is 0 Å². The van der Waals surface area contributed by atoms with E-state index in [1.165, 1.54) is 6.07 Å². The van der Waals surface area contributed by atoms with E-state index in [9.17, 15) is 8.78 Å². The average molecular weight is 209 g/mol. The Bertz CT molecular complexity index is 445. The Hall–Kier alpha value is -1.78. The van der Waals surface area contributed by atoms with Gasteiger partial charge in [0.05, 0.1) is 5.69 Å². The zero-order chi connectivity index (χ0) is 10.9. The molecule has 0 aliphatic carbocycles. The Kier molecular flexibility index (Phi) is 2.22. The van der Waals surface area contributed by atoms with E-state index in [0.717, 1.165) is 6.92 Å². The molecule has 0 aliphatic heterocycles. The third-order valence-electron chi connectivity index (χ3n) is 1.98. The van der Waals surface area contributed by atoms with E-state index in [1.54, 1.807) is 24.4 Å². The first-order valence-corrected chi connectivity index (χ1v) is 4.42. The standard InChI is InChI=1S/C10H9F2N3/c1-10(11,12)9-6-8(14-15-9)7-4-2-3-5-13-7/h2-6H,1H3,(H,14,15). The van der Waals surface area contributed by atoms with Crippen LogP contribution in [0.4, 0.5) is 8.78 Å². The first-order valence-electron chi connectivity index (χ1n) is 4.42. The van der Waals surface area contributed by atoms with Gasteiger partial charge in [0.25, 0.3) is 5.92 Å². The number of alkyl halides is 2. The van der Waals surface area contributed by atoms with Gasteiger partial charge < -0.3 is 0 Å². The first kappa shape index (κ1) is 9.76. The Morgan fingerprint density at radius 1 is 1.27 bits per heavy atom. The number of aromatic amines is 1. The third kappa shape index (κ3) is 2.01. The highest BCUT2D eigenvalue weighted by molar-refractivity contribution is 5.53. The van der Waals surface area contributed by atoms with Gasteiger partial charge in [-0.3, -0.25) is 10.1 Å². The van der Waals surface area contributed by atoms with Crippen LogP contribution in [0.15, 0.2) is 30.5 Å². The van der Waals surface area contributed by atoms with Gasteiger partial charge in [-0.2, -0.15) is 13.9 Å². The van der Waals surface area contributed by atoms with Gasteiger partial charge in [-0.15, -0.1) is 0 Å². The number of nitrogens with one attached hydrogen (secondary N) is 1. The molecule has 1 N–H and O–H groups in total. The number of nitrogens with zero attached hydrogens (tertiary/aromatic N) is 2. The predicted octanol–water partition coefficient (Wildman–Crippen LogP) is 2.58. The average Bonchev–Trinajstić information content (AvgIpc) is 2.67. The Morgan fingerprint density at radius 2 is 2.07 bits per heavy atom. The second-order valence-corrected chi connectivity index (χ2v) is 3.27. The fourth-order valence-corrected chi connectivity index (χ4v) is 1.19. The minimum atomic E-state index is -2.90. The van der Waals surface area contributed by atoms with Crippen molar-refractivity contribution in [3.63, 3.8) is 0 Å². The van der Waals surface area contributed by atoms with Crippen LogP contribution in [-0.2, 0) is 5.92 Å². The quantitative estimate of drug-likeness (QED) is 0.825. The van der Waals surface area contributed by atoms with Crippen LogP contribution in [0.2, 0.25) is 0 Å². The maximum atomic E-state index is 12.9. The molecular weight excluding hydrogens is 200 g/mol. The van der Waals surface area contributed by atoms with E-state index in [-0.39, 0.29) is 5.69 Å². The van der Waals surface area contributed by atoms with Crippen LogP contribution >= 0.6 is 0 Å². The second-order valence-electron chi connectivity index (χ2n) is 3.27. The van der Waals surface area contributed by atoms with Crippen molar-refractivity contribution in [2.75, 3.05) is 0 Å². The van der Waals surface area contributed by atoms with Crippen molar-refractivity contribution in [3.05, 3.63) is 36.2 Å². The third-order valence-corrected chi connectivity index (χ3v) is 1.98. The molecule has 15 heavy (non-hydrogen) atoms. The monoisotopic (exact) mass is 209 g/mol. The van der Waals surface area contributed by atoms with Crippen LogP contribution in [0.3, 0.4) is 0 Å². The Labute approximate surface area is 85.2 Å². The van der Waals surface area contributed by atoms with Gasteiger partial charge in [-0.25, -0.2) is 0 Å². The van der Waals surface area contributed by atoms with Crippen LogP contribution < -0.4 is 0 Å². The van der Waals surface area contributed by atoms with Crippen LogP contribution in [0.1, 0.15) is 12.6 Å². The first-order chi connectivity index (χ1) is 7.07. The summed E-state index contributed by atoms with van der Waals surface area (Å²) in [7, 11) is 0. The molecule has 0 saturated carbocycles. The molecule has 0 aromatic carbocycles. The smallest absolute Gasteiger partial charge is 0.276 e. The van der Waals surface area contributed by atoms with Gasteiger partial charge in [0.2, 0.25) is 0 Å². The zero-order valence-electron chi connectivity index (χ0n) is 8.04. The predicted molar refractivity (Wildman–Crippen MR) is 51.4 cm³/mol. The van der Waals surface area contributed by atoms with E-state index in [4.69, 9.17) is 0 Å². The molecule has 2 aromatic rings.